The zero-order valence-corrected chi connectivity index (χ0v) is 11.7. The Bertz CT molecular complexity index is 686. The summed E-state index contributed by atoms with van der Waals surface area (Å²) >= 11 is 5.99. The molecule has 7 heteroatoms. The molecule has 0 unspecified atom stereocenters. The van der Waals surface area contributed by atoms with Gasteiger partial charge in [-0.1, -0.05) is 11.6 Å². The number of carboxylic acids is 1. The summed E-state index contributed by atoms with van der Waals surface area (Å²) in [5.74, 6) is -1.05. The normalized spacial score (nSPS) is 10.0. The number of carbonyl (C=O) groups excluding carboxylic acids is 1. The summed E-state index contributed by atoms with van der Waals surface area (Å²) in [6, 6.07) is 7.48. The van der Waals surface area contributed by atoms with Gasteiger partial charge in [0, 0.05) is 12.3 Å². The first-order valence-corrected chi connectivity index (χ1v) is 6.23. The van der Waals surface area contributed by atoms with Crippen LogP contribution < -0.4 is 10.1 Å². The molecule has 6 nitrogen and oxygen atoms in total. The van der Waals surface area contributed by atoms with Crippen molar-refractivity contribution in [3.05, 3.63) is 52.8 Å². The van der Waals surface area contributed by atoms with Crippen LogP contribution in [0, 0.1) is 0 Å². The third-order valence-corrected chi connectivity index (χ3v) is 3.00. The molecule has 1 aromatic carbocycles. The molecule has 0 aliphatic heterocycles. The predicted octanol–water partition coefficient (Wildman–Crippen LogP) is 2.69. The number of carboxylic acid groups (broad SMARTS) is 1. The van der Waals surface area contributed by atoms with Crippen LogP contribution in [0.15, 0.2) is 36.5 Å². The molecule has 2 aromatic rings. The number of carbonyl (C=O) groups is 2. The lowest BCUT2D eigenvalue weighted by Crippen LogP contribution is -2.13. The molecule has 1 amide bonds. The molecule has 0 spiro atoms. The molecule has 0 aliphatic rings. The van der Waals surface area contributed by atoms with Crippen molar-refractivity contribution in [2.24, 2.45) is 0 Å². The van der Waals surface area contributed by atoms with E-state index in [4.69, 9.17) is 21.4 Å². The summed E-state index contributed by atoms with van der Waals surface area (Å²) in [5.41, 5.74) is 0.480. The molecule has 21 heavy (non-hydrogen) atoms. The van der Waals surface area contributed by atoms with E-state index in [0.717, 1.165) is 0 Å². The van der Waals surface area contributed by atoms with E-state index < -0.39 is 11.9 Å². The molecule has 0 radical (unpaired) electrons. The number of amides is 1. The van der Waals surface area contributed by atoms with Gasteiger partial charge in [-0.3, -0.25) is 4.79 Å². The number of hydrogen-bond acceptors (Lipinski definition) is 4. The van der Waals surface area contributed by atoms with Gasteiger partial charge >= 0.3 is 5.97 Å². The number of methoxy groups -OCH3 is 1. The van der Waals surface area contributed by atoms with Gasteiger partial charge in [-0.25, -0.2) is 9.78 Å². The maximum Gasteiger partial charge on any atom is 0.354 e. The highest BCUT2D eigenvalue weighted by atomic mass is 35.5. The van der Waals surface area contributed by atoms with Crippen molar-refractivity contribution in [1.29, 1.82) is 0 Å². The second-order valence-electron chi connectivity index (χ2n) is 4.04. The minimum absolute atomic E-state index is 0.133. The smallest absolute Gasteiger partial charge is 0.354 e. The Morgan fingerprint density at radius 2 is 2.05 bits per heavy atom. The molecular formula is C14H11ClN2O4. The third kappa shape index (κ3) is 3.49. The van der Waals surface area contributed by atoms with E-state index in [2.05, 4.69) is 10.3 Å². The van der Waals surface area contributed by atoms with Crippen molar-refractivity contribution in [2.45, 2.75) is 0 Å². The molecule has 1 heterocycles. The summed E-state index contributed by atoms with van der Waals surface area (Å²) in [7, 11) is 1.50. The minimum Gasteiger partial charge on any atom is -0.497 e. The first-order chi connectivity index (χ1) is 10.0. The number of pyridine rings is 1. The van der Waals surface area contributed by atoms with Gasteiger partial charge in [0.2, 0.25) is 0 Å². The number of ether oxygens (including phenoxy) is 1. The van der Waals surface area contributed by atoms with Gasteiger partial charge in [-0.2, -0.15) is 0 Å². The van der Waals surface area contributed by atoms with Crippen molar-refractivity contribution in [1.82, 2.24) is 4.98 Å². The van der Waals surface area contributed by atoms with Crippen molar-refractivity contribution in [2.75, 3.05) is 12.4 Å². The number of nitrogens with one attached hydrogen (secondary N) is 1. The molecule has 2 N–H and O–H groups in total. The fourth-order valence-electron chi connectivity index (χ4n) is 1.58. The van der Waals surface area contributed by atoms with Gasteiger partial charge in [-0.05, 0) is 24.3 Å². The van der Waals surface area contributed by atoms with E-state index in [1.54, 1.807) is 18.2 Å². The summed E-state index contributed by atoms with van der Waals surface area (Å²) in [4.78, 5) is 26.4. The maximum absolute atomic E-state index is 12.0. The van der Waals surface area contributed by atoms with Crippen molar-refractivity contribution in [3.63, 3.8) is 0 Å². The second-order valence-corrected chi connectivity index (χ2v) is 4.44. The number of benzene rings is 1. The Hall–Kier alpha value is -2.60. The van der Waals surface area contributed by atoms with Crippen LogP contribution >= 0.6 is 11.6 Å². The Morgan fingerprint density at radius 1 is 1.29 bits per heavy atom. The van der Waals surface area contributed by atoms with Gasteiger partial charge in [0.05, 0.1) is 23.4 Å². The number of hydrogen-bond donors (Lipinski definition) is 2. The number of aromatic nitrogens is 1. The molecule has 0 saturated heterocycles. The Labute approximate surface area is 125 Å². The molecular weight excluding hydrogens is 296 g/mol. The van der Waals surface area contributed by atoms with Gasteiger partial charge < -0.3 is 15.2 Å². The molecule has 0 aliphatic carbocycles. The SMILES string of the molecule is COc1ccc(Cl)c(NC(=O)c2ccc(C(=O)O)nc2)c1. The topological polar surface area (TPSA) is 88.5 Å². The van der Waals surface area contributed by atoms with E-state index in [1.807, 2.05) is 0 Å². The highest BCUT2D eigenvalue weighted by Gasteiger charge is 2.11. The van der Waals surface area contributed by atoms with Crippen molar-refractivity contribution in [3.8, 4) is 5.75 Å². The van der Waals surface area contributed by atoms with Gasteiger partial charge in [0.15, 0.2) is 0 Å². The Morgan fingerprint density at radius 3 is 2.62 bits per heavy atom. The zero-order chi connectivity index (χ0) is 15.4. The van der Waals surface area contributed by atoms with Gasteiger partial charge in [0.25, 0.3) is 5.91 Å². The molecule has 0 atom stereocenters. The Balaban J connectivity index is 2.19. The fraction of sp³-hybridized carbons (Fsp3) is 0.0714. The zero-order valence-electron chi connectivity index (χ0n) is 11.0. The number of aromatic carboxylic acids is 1. The van der Waals surface area contributed by atoms with E-state index in [9.17, 15) is 9.59 Å². The highest BCUT2D eigenvalue weighted by molar-refractivity contribution is 6.34. The van der Waals surface area contributed by atoms with Crippen LogP contribution in [0.25, 0.3) is 0 Å². The maximum atomic E-state index is 12.0. The number of rotatable bonds is 4. The molecule has 0 fully saturated rings. The van der Waals surface area contributed by atoms with Gasteiger partial charge in [0.1, 0.15) is 11.4 Å². The van der Waals surface area contributed by atoms with Crippen LogP contribution in [0.1, 0.15) is 20.8 Å². The van der Waals surface area contributed by atoms with E-state index in [-0.39, 0.29) is 11.3 Å². The first kappa shape index (κ1) is 14.8. The number of nitrogens with zero attached hydrogens (tertiary/aromatic N) is 1. The van der Waals surface area contributed by atoms with Crippen LogP contribution in [-0.4, -0.2) is 29.1 Å². The van der Waals surface area contributed by atoms with Crippen LogP contribution in [0.3, 0.4) is 0 Å². The molecule has 0 saturated carbocycles. The lowest BCUT2D eigenvalue weighted by molar-refractivity contribution is 0.0690. The minimum atomic E-state index is -1.15. The van der Waals surface area contributed by atoms with Crippen LogP contribution in [0.5, 0.6) is 5.75 Å². The average Bonchev–Trinajstić information content (AvgIpc) is 2.49. The summed E-state index contributed by atoms with van der Waals surface area (Å²) in [6.07, 6.45) is 1.19. The van der Waals surface area contributed by atoms with Gasteiger partial charge in [-0.15, -0.1) is 0 Å². The van der Waals surface area contributed by atoms with Crippen molar-refractivity contribution < 1.29 is 19.4 Å². The standard InChI is InChI=1S/C14H11ClN2O4/c1-21-9-3-4-10(15)12(6-9)17-13(18)8-2-5-11(14(19)20)16-7-8/h2-7H,1H3,(H,17,18)(H,19,20). The van der Waals surface area contributed by atoms with E-state index in [0.29, 0.717) is 16.5 Å². The lowest BCUT2D eigenvalue weighted by Gasteiger charge is -2.09. The Kier molecular flexibility index (Phi) is 4.39. The van der Waals surface area contributed by atoms with E-state index in [1.165, 1.54) is 25.4 Å². The van der Waals surface area contributed by atoms with E-state index >= 15 is 0 Å². The monoisotopic (exact) mass is 306 g/mol. The van der Waals surface area contributed by atoms with Crippen LogP contribution in [-0.2, 0) is 0 Å². The largest absolute Gasteiger partial charge is 0.497 e. The molecule has 1 aromatic heterocycles. The lowest BCUT2D eigenvalue weighted by atomic mass is 10.2. The first-order valence-electron chi connectivity index (χ1n) is 5.85. The number of halogens is 1. The van der Waals surface area contributed by atoms with Crippen LogP contribution in [0.4, 0.5) is 5.69 Å². The summed E-state index contributed by atoms with van der Waals surface area (Å²) in [6.45, 7) is 0. The molecule has 0 bridgehead atoms. The quantitative estimate of drug-likeness (QED) is 0.906. The third-order valence-electron chi connectivity index (χ3n) is 2.67. The average molecular weight is 307 g/mol. The fourth-order valence-corrected chi connectivity index (χ4v) is 1.74. The second kappa shape index (κ2) is 6.23. The molecule has 2 rings (SSSR count). The van der Waals surface area contributed by atoms with Crippen molar-refractivity contribution >= 4 is 29.2 Å². The predicted molar refractivity (Wildman–Crippen MR) is 77.2 cm³/mol. The summed E-state index contributed by atoms with van der Waals surface area (Å²) < 4.78 is 5.05. The van der Waals surface area contributed by atoms with Crippen LogP contribution in [0.2, 0.25) is 5.02 Å². The number of anilines is 1. The summed E-state index contributed by atoms with van der Waals surface area (Å²) in [5, 5.41) is 11.7. The molecule has 108 valence electrons. The highest BCUT2D eigenvalue weighted by Crippen LogP contribution is 2.27.